The van der Waals surface area contributed by atoms with Crippen LogP contribution in [0.3, 0.4) is 0 Å². The molecule has 1 saturated carbocycles. The summed E-state index contributed by atoms with van der Waals surface area (Å²) < 4.78 is 0. The number of nitrogens with zero attached hydrogens (tertiary/aromatic N) is 3. The summed E-state index contributed by atoms with van der Waals surface area (Å²) in [7, 11) is 0. The van der Waals surface area contributed by atoms with Gasteiger partial charge >= 0.3 is 0 Å². The van der Waals surface area contributed by atoms with Crippen LogP contribution in [-0.2, 0) is 4.79 Å². The fraction of sp³-hybridized carbons (Fsp3) is 0.435. The molecule has 1 saturated heterocycles. The van der Waals surface area contributed by atoms with E-state index >= 15 is 0 Å². The van der Waals surface area contributed by atoms with Crippen molar-refractivity contribution in [2.75, 3.05) is 18.0 Å². The first-order valence-electron chi connectivity index (χ1n) is 10.7. The molecule has 0 bridgehead atoms. The number of benzene rings is 1. The van der Waals surface area contributed by atoms with E-state index in [0.29, 0.717) is 10.0 Å². The second kappa shape index (κ2) is 9.88. The van der Waals surface area contributed by atoms with Crippen molar-refractivity contribution in [1.82, 2.24) is 15.2 Å². The highest BCUT2D eigenvalue weighted by Gasteiger charge is 2.31. The van der Waals surface area contributed by atoms with Gasteiger partial charge in [-0.25, -0.2) is 4.98 Å². The number of anilines is 1. The van der Waals surface area contributed by atoms with Gasteiger partial charge < -0.3 is 10.0 Å². The van der Waals surface area contributed by atoms with Crippen LogP contribution in [-0.4, -0.2) is 39.8 Å². The molecule has 2 aromatic heterocycles. The SMILES string of the molecule is Clc1ccc2c(-c3cn[nH]c3)cc(N3CCC(C4CCCCC4)C3)nc2c1Cl.O=CO. The second-order valence-electron chi connectivity index (χ2n) is 8.27. The second-order valence-corrected chi connectivity index (χ2v) is 9.06. The van der Waals surface area contributed by atoms with Crippen LogP contribution in [0, 0.1) is 11.8 Å². The van der Waals surface area contributed by atoms with Crippen LogP contribution in [0.25, 0.3) is 22.0 Å². The van der Waals surface area contributed by atoms with Gasteiger partial charge in [-0.15, -0.1) is 0 Å². The van der Waals surface area contributed by atoms with Crippen LogP contribution in [0.4, 0.5) is 5.82 Å². The summed E-state index contributed by atoms with van der Waals surface area (Å²) in [5, 5.41) is 16.0. The van der Waals surface area contributed by atoms with E-state index in [1.165, 1.54) is 38.5 Å². The first kappa shape index (κ1) is 21.9. The number of hydrogen-bond acceptors (Lipinski definition) is 4. The number of carboxylic acid groups (broad SMARTS) is 1. The average Bonchev–Trinajstić information content (AvgIpc) is 3.50. The largest absolute Gasteiger partial charge is 0.483 e. The van der Waals surface area contributed by atoms with Gasteiger partial charge in [0.15, 0.2) is 0 Å². The van der Waals surface area contributed by atoms with Gasteiger partial charge in [-0.3, -0.25) is 9.89 Å². The van der Waals surface area contributed by atoms with Crippen LogP contribution in [0.15, 0.2) is 30.6 Å². The fourth-order valence-electron chi connectivity index (χ4n) is 5.01. The summed E-state index contributed by atoms with van der Waals surface area (Å²) in [5.74, 6) is 2.65. The molecule has 1 atom stereocenters. The van der Waals surface area contributed by atoms with Crippen molar-refractivity contribution in [1.29, 1.82) is 0 Å². The van der Waals surface area contributed by atoms with E-state index in [0.717, 1.165) is 52.8 Å². The maximum Gasteiger partial charge on any atom is 0.290 e. The first-order chi connectivity index (χ1) is 15.1. The summed E-state index contributed by atoms with van der Waals surface area (Å²) >= 11 is 12.8. The molecular weight excluding hydrogens is 435 g/mol. The molecule has 31 heavy (non-hydrogen) atoms. The molecule has 2 fully saturated rings. The Hall–Kier alpha value is -2.31. The molecular formula is C23H26Cl2N4O2. The number of fused-ring (bicyclic) bond motifs is 1. The number of hydrogen-bond donors (Lipinski definition) is 2. The lowest BCUT2D eigenvalue weighted by molar-refractivity contribution is -0.122. The number of halogens is 2. The van der Waals surface area contributed by atoms with Gasteiger partial charge in [0, 0.05) is 30.2 Å². The monoisotopic (exact) mass is 460 g/mol. The Labute approximate surface area is 191 Å². The van der Waals surface area contributed by atoms with E-state index in [-0.39, 0.29) is 6.47 Å². The van der Waals surface area contributed by atoms with Crippen molar-refractivity contribution in [3.63, 3.8) is 0 Å². The summed E-state index contributed by atoms with van der Waals surface area (Å²) in [6, 6.07) is 6.02. The van der Waals surface area contributed by atoms with Gasteiger partial charge in [-0.05, 0) is 36.0 Å². The van der Waals surface area contributed by atoms with Crippen molar-refractivity contribution in [2.45, 2.75) is 38.5 Å². The average molecular weight is 461 g/mol. The van der Waals surface area contributed by atoms with E-state index in [1.807, 2.05) is 24.5 Å². The predicted molar refractivity (Wildman–Crippen MR) is 125 cm³/mol. The van der Waals surface area contributed by atoms with E-state index in [9.17, 15) is 0 Å². The third-order valence-electron chi connectivity index (χ3n) is 6.53. The molecule has 0 radical (unpaired) electrons. The number of pyridine rings is 1. The molecule has 8 heteroatoms. The van der Waals surface area contributed by atoms with Crippen molar-refractivity contribution in [3.05, 3.63) is 40.6 Å². The van der Waals surface area contributed by atoms with E-state index in [1.54, 1.807) is 0 Å². The van der Waals surface area contributed by atoms with Gasteiger partial charge in [0.1, 0.15) is 5.82 Å². The Morgan fingerprint density at radius 2 is 1.90 bits per heavy atom. The third-order valence-corrected chi connectivity index (χ3v) is 7.33. The number of aromatic amines is 1. The number of rotatable bonds is 3. The highest BCUT2D eigenvalue weighted by atomic mass is 35.5. The Morgan fingerprint density at radius 3 is 2.61 bits per heavy atom. The Balaban J connectivity index is 0.000000730. The third kappa shape index (κ3) is 4.65. The van der Waals surface area contributed by atoms with Gasteiger partial charge in [-0.2, -0.15) is 5.10 Å². The molecule has 1 aliphatic carbocycles. The quantitative estimate of drug-likeness (QED) is 0.465. The lowest BCUT2D eigenvalue weighted by Gasteiger charge is -2.27. The summed E-state index contributed by atoms with van der Waals surface area (Å²) in [6.07, 6.45) is 12.0. The Morgan fingerprint density at radius 1 is 1.13 bits per heavy atom. The molecule has 2 aliphatic rings. The molecule has 0 spiro atoms. The zero-order valence-electron chi connectivity index (χ0n) is 17.2. The highest BCUT2D eigenvalue weighted by Crippen LogP contribution is 2.40. The molecule has 1 unspecified atom stereocenters. The molecule has 5 rings (SSSR count). The zero-order valence-corrected chi connectivity index (χ0v) is 18.7. The van der Waals surface area contributed by atoms with Crippen molar-refractivity contribution in [3.8, 4) is 11.1 Å². The van der Waals surface area contributed by atoms with Crippen molar-refractivity contribution in [2.24, 2.45) is 11.8 Å². The lowest BCUT2D eigenvalue weighted by atomic mass is 9.80. The fourth-order valence-corrected chi connectivity index (χ4v) is 5.36. The Bertz CT molecular complexity index is 1040. The topological polar surface area (TPSA) is 82.1 Å². The van der Waals surface area contributed by atoms with E-state index < -0.39 is 0 Å². The van der Waals surface area contributed by atoms with Gasteiger partial charge in [0.05, 0.1) is 21.8 Å². The minimum Gasteiger partial charge on any atom is -0.483 e. The standard InChI is InChI=1S/C22H24Cl2N4.CH2O2/c23-19-7-6-17-18(16-11-25-26-12-16)10-20(27-22(17)21(19)24)28-9-8-15(13-28)14-4-2-1-3-5-14;2-1-3/h6-7,10-12,14-15H,1-5,8-9,13H2,(H,25,26);1H,(H,2,3). The minimum absolute atomic E-state index is 0.250. The molecule has 1 aromatic carbocycles. The van der Waals surface area contributed by atoms with E-state index in [4.69, 9.17) is 38.1 Å². The molecule has 3 heterocycles. The first-order valence-corrected chi connectivity index (χ1v) is 11.5. The Kier molecular flexibility index (Phi) is 6.98. The number of nitrogens with one attached hydrogen (secondary N) is 1. The maximum absolute atomic E-state index is 8.36. The maximum atomic E-state index is 8.36. The lowest BCUT2D eigenvalue weighted by Crippen LogP contribution is -2.24. The predicted octanol–water partition coefficient (Wildman–Crippen LogP) is 6.04. The van der Waals surface area contributed by atoms with Crippen LogP contribution < -0.4 is 4.90 Å². The molecule has 164 valence electrons. The highest BCUT2D eigenvalue weighted by molar-refractivity contribution is 6.45. The number of carbonyl (C=O) groups is 1. The normalized spacial score (nSPS) is 19.3. The molecule has 0 amide bonds. The van der Waals surface area contributed by atoms with Crippen molar-refractivity contribution >= 4 is 46.4 Å². The minimum atomic E-state index is -0.250. The van der Waals surface area contributed by atoms with E-state index in [2.05, 4.69) is 21.2 Å². The summed E-state index contributed by atoms with van der Waals surface area (Å²) in [4.78, 5) is 15.7. The summed E-state index contributed by atoms with van der Waals surface area (Å²) in [6.45, 7) is 1.90. The summed E-state index contributed by atoms with van der Waals surface area (Å²) in [5.41, 5.74) is 2.90. The van der Waals surface area contributed by atoms with Crippen LogP contribution in [0.2, 0.25) is 10.0 Å². The van der Waals surface area contributed by atoms with Gasteiger partial charge in [0.2, 0.25) is 0 Å². The smallest absolute Gasteiger partial charge is 0.290 e. The molecule has 3 aromatic rings. The van der Waals surface area contributed by atoms with Crippen LogP contribution in [0.1, 0.15) is 38.5 Å². The molecule has 1 aliphatic heterocycles. The van der Waals surface area contributed by atoms with Gasteiger partial charge in [0.25, 0.3) is 6.47 Å². The van der Waals surface area contributed by atoms with Crippen molar-refractivity contribution < 1.29 is 9.90 Å². The molecule has 2 N–H and O–H groups in total. The number of aromatic nitrogens is 3. The van der Waals surface area contributed by atoms with Crippen LogP contribution in [0.5, 0.6) is 0 Å². The number of H-pyrrole nitrogens is 1. The van der Waals surface area contributed by atoms with Crippen LogP contribution >= 0.6 is 23.2 Å². The van der Waals surface area contributed by atoms with Gasteiger partial charge in [-0.1, -0.05) is 61.4 Å². The zero-order chi connectivity index (χ0) is 21.8. The molecule has 6 nitrogen and oxygen atoms in total.